The molecule has 0 aromatic heterocycles. The zero-order chi connectivity index (χ0) is 14.4. The molecule has 20 heavy (non-hydrogen) atoms. The molecule has 2 aromatic rings. The van der Waals surface area contributed by atoms with Gasteiger partial charge in [-0.15, -0.1) is 0 Å². The molecule has 3 nitrogen and oxygen atoms in total. The van der Waals surface area contributed by atoms with E-state index in [0.717, 1.165) is 5.56 Å². The van der Waals surface area contributed by atoms with Crippen LogP contribution in [0, 0.1) is 0 Å². The monoisotopic (exact) mass is 269 g/mol. The first-order valence-electron chi connectivity index (χ1n) is 6.74. The second-order valence-electron chi connectivity index (χ2n) is 4.71. The van der Waals surface area contributed by atoms with Crippen molar-refractivity contribution in [3.8, 4) is 5.75 Å². The van der Waals surface area contributed by atoms with Crippen LogP contribution < -0.4 is 10.1 Å². The van der Waals surface area contributed by atoms with Crippen LogP contribution in [0.1, 0.15) is 25.5 Å². The molecule has 104 valence electrons. The van der Waals surface area contributed by atoms with Gasteiger partial charge in [-0.3, -0.25) is 4.79 Å². The predicted octanol–water partition coefficient (Wildman–Crippen LogP) is 3.33. The van der Waals surface area contributed by atoms with Crippen molar-refractivity contribution >= 4 is 5.91 Å². The number of nitrogens with one attached hydrogen (secondary N) is 1. The van der Waals surface area contributed by atoms with Crippen molar-refractivity contribution in [1.29, 1.82) is 0 Å². The van der Waals surface area contributed by atoms with E-state index >= 15 is 0 Å². The molecule has 1 N–H and O–H groups in total. The highest BCUT2D eigenvalue weighted by Crippen LogP contribution is 2.13. The summed E-state index contributed by atoms with van der Waals surface area (Å²) in [6, 6.07) is 19.2. The maximum Gasteiger partial charge on any atom is 0.261 e. The van der Waals surface area contributed by atoms with E-state index in [1.807, 2.05) is 67.6 Å². The van der Waals surface area contributed by atoms with E-state index in [2.05, 4.69) is 5.32 Å². The van der Waals surface area contributed by atoms with Crippen LogP contribution in [0.25, 0.3) is 0 Å². The number of carbonyl (C=O) groups is 1. The van der Waals surface area contributed by atoms with Crippen LogP contribution in [0.15, 0.2) is 60.7 Å². The number of hydrogen-bond donors (Lipinski definition) is 1. The zero-order valence-electron chi connectivity index (χ0n) is 11.7. The van der Waals surface area contributed by atoms with Crippen LogP contribution in [-0.2, 0) is 4.79 Å². The largest absolute Gasteiger partial charge is 0.481 e. The van der Waals surface area contributed by atoms with Crippen molar-refractivity contribution in [1.82, 2.24) is 5.32 Å². The first kappa shape index (κ1) is 14.1. The van der Waals surface area contributed by atoms with Gasteiger partial charge in [0.25, 0.3) is 5.91 Å². The smallest absolute Gasteiger partial charge is 0.261 e. The van der Waals surface area contributed by atoms with Gasteiger partial charge in [0.2, 0.25) is 0 Å². The maximum absolute atomic E-state index is 12.1. The number of para-hydroxylation sites is 1. The fourth-order valence-corrected chi connectivity index (χ4v) is 1.91. The molecule has 0 aliphatic carbocycles. The van der Waals surface area contributed by atoms with Gasteiger partial charge in [0.1, 0.15) is 5.75 Å². The van der Waals surface area contributed by atoms with E-state index in [-0.39, 0.29) is 11.9 Å². The van der Waals surface area contributed by atoms with E-state index < -0.39 is 6.10 Å². The number of carbonyl (C=O) groups excluding carboxylic acids is 1. The molecule has 0 saturated carbocycles. The topological polar surface area (TPSA) is 38.3 Å². The Morgan fingerprint density at radius 2 is 1.50 bits per heavy atom. The molecular formula is C17H19NO2. The Hall–Kier alpha value is -2.29. The lowest BCUT2D eigenvalue weighted by atomic mass is 10.1. The lowest BCUT2D eigenvalue weighted by Crippen LogP contribution is -2.37. The van der Waals surface area contributed by atoms with Crippen LogP contribution >= 0.6 is 0 Å². The van der Waals surface area contributed by atoms with Gasteiger partial charge >= 0.3 is 0 Å². The lowest BCUT2D eigenvalue weighted by Gasteiger charge is -2.19. The van der Waals surface area contributed by atoms with Crippen molar-refractivity contribution in [3.05, 3.63) is 66.2 Å². The molecule has 0 aliphatic heterocycles. The van der Waals surface area contributed by atoms with Crippen molar-refractivity contribution in [2.24, 2.45) is 0 Å². The third-order valence-corrected chi connectivity index (χ3v) is 3.08. The SMILES string of the molecule is CC(Oc1ccccc1)C(=O)N[C@@H](C)c1ccccc1. The Balaban J connectivity index is 1.91. The average Bonchev–Trinajstić information content (AvgIpc) is 2.49. The summed E-state index contributed by atoms with van der Waals surface area (Å²) in [4.78, 5) is 12.1. The Morgan fingerprint density at radius 3 is 2.10 bits per heavy atom. The highest BCUT2D eigenvalue weighted by atomic mass is 16.5. The fourth-order valence-electron chi connectivity index (χ4n) is 1.91. The number of hydrogen-bond acceptors (Lipinski definition) is 2. The minimum Gasteiger partial charge on any atom is -0.481 e. The minimum atomic E-state index is -0.524. The molecule has 0 fully saturated rings. The number of ether oxygens (including phenoxy) is 1. The van der Waals surface area contributed by atoms with E-state index in [1.54, 1.807) is 6.92 Å². The molecular weight excluding hydrogens is 250 g/mol. The van der Waals surface area contributed by atoms with Crippen LogP contribution in [0.2, 0.25) is 0 Å². The summed E-state index contributed by atoms with van der Waals surface area (Å²) in [5.41, 5.74) is 1.08. The fraction of sp³-hybridized carbons (Fsp3) is 0.235. The average molecular weight is 269 g/mol. The van der Waals surface area contributed by atoms with Gasteiger partial charge in [-0.1, -0.05) is 48.5 Å². The first-order chi connectivity index (χ1) is 9.66. The zero-order valence-corrected chi connectivity index (χ0v) is 11.7. The third-order valence-electron chi connectivity index (χ3n) is 3.08. The Kier molecular flexibility index (Phi) is 4.77. The van der Waals surface area contributed by atoms with Crippen molar-refractivity contribution < 1.29 is 9.53 Å². The molecule has 0 spiro atoms. The number of benzene rings is 2. The summed E-state index contributed by atoms with van der Waals surface area (Å²) in [6.45, 7) is 3.71. The van der Waals surface area contributed by atoms with Crippen LogP contribution in [0.3, 0.4) is 0 Å². The van der Waals surface area contributed by atoms with Gasteiger partial charge in [0, 0.05) is 0 Å². The summed E-state index contributed by atoms with van der Waals surface area (Å²) in [5.74, 6) is 0.577. The Bertz CT molecular complexity index is 539. The van der Waals surface area contributed by atoms with Crippen molar-refractivity contribution in [2.75, 3.05) is 0 Å². The number of amides is 1. The Labute approximate surface area is 119 Å². The lowest BCUT2D eigenvalue weighted by molar-refractivity contribution is -0.127. The molecule has 2 rings (SSSR count). The van der Waals surface area contributed by atoms with Crippen LogP contribution in [-0.4, -0.2) is 12.0 Å². The molecule has 0 bridgehead atoms. The summed E-state index contributed by atoms with van der Waals surface area (Å²) >= 11 is 0. The van der Waals surface area contributed by atoms with Crippen molar-refractivity contribution in [2.45, 2.75) is 26.0 Å². The minimum absolute atomic E-state index is 0.0366. The normalized spacial score (nSPS) is 13.3. The van der Waals surface area contributed by atoms with Gasteiger partial charge in [0.15, 0.2) is 6.10 Å². The Morgan fingerprint density at radius 1 is 0.950 bits per heavy atom. The highest BCUT2D eigenvalue weighted by molar-refractivity contribution is 5.81. The molecule has 2 aromatic carbocycles. The summed E-state index contributed by atoms with van der Waals surface area (Å²) in [6.07, 6.45) is -0.524. The van der Waals surface area contributed by atoms with Crippen LogP contribution in [0.5, 0.6) is 5.75 Å². The van der Waals surface area contributed by atoms with E-state index in [1.165, 1.54) is 0 Å². The molecule has 2 atom stereocenters. The van der Waals surface area contributed by atoms with Gasteiger partial charge in [-0.2, -0.15) is 0 Å². The highest BCUT2D eigenvalue weighted by Gasteiger charge is 2.17. The standard InChI is InChI=1S/C17H19NO2/c1-13(15-9-5-3-6-10-15)18-17(19)14(2)20-16-11-7-4-8-12-16/h3-14H,1-2H3,(H,18,19)/t13-,14?/m0/s1. The van der Waals surface area contributed by atoms with Crippen molar-refractivity contribution in [3.63, 3.8) is 0 Å². The van der Waals surface area contributed by atoms with Gasteiger partial charge in [-0.25, -0.2) is 0 Å². The third kappa shape index (κ3) is 3.85. The van der Waals surface area contributed by atoms with Gasteiger partial charge in [-0.05, 0) is 31.5 Å². The second-order valence-corrected chi connectivity index (χ2v) is 4.71. The maximum atomic E-state index is 12.1. The molecule has 1 unspecified atom stereocenters. The molecule has 0 heterocycles. The molecule has 0 saturated heterocycles. The quantitative estimate of drug-likeness (QED) is 0.904. The van der Waals surface area contributed by atoms with Crippen LogP contribution in [0.4, 0.5) is 0 Å². The second kappa shape index (κ2) is 6.75. The molecule has 1 amide bonds. The molecule has 3 heteroatoms. The molecule has 0 aliphatic rings. The van der Waals surface area contributed by atoms with Gasteiger partial charge < -0.3 is 10.1 Å². The first-order valence-corrected chi connectivity index (χ1v) is 6.74. The molecule has 0 radical (unpaired) electrons. The predicted molar refractivity (Wildman–Crippen MR) is 79.5 cm³/mol. The van der Waals surface area contributed by atoms with Gasteiger partial charge in [0.05, 0.1) is 6.04 Å². The van der Waals surface area contributed by atoms with E-state index in [4.69, 9.17) is 4.74 Å². The summed E-state index contributed by atoms with van der Waals surface area (Å²) in [5, 5.41) is 2.95. The summed E-state index contributed by atoms with van der Waals surface area (Å²) < 4.78 is 5.60. The van der Waals surface area contributed by atoms with E-state index in [9.17, 15) is 4.79 Å². The van der Waals surface area contributed by atoms with E-state index in [0.29, 0.717) is 5.75 Å². The summed E-state index contributed by atoms with van der Waals surface area (Å²) in [7, 11) is 0. The number of rotatable bonds is 5.